The van der Waals surface area contributed by atoms with Gasteiger partial charge in [-0.05, 0) is 18.9 Å². The smallest absolute Gasteiger partial charge is 0.300 e. The molecule has 1 amide bonds. The minimum absolute atomic E-state index is 0.0275. The third kappa shape index (κ3) is 3.39. The molecule has 1 N–H and O–H groups in total. The van der Waals surface area contributed by atoms with Crippen molar-refractivity contribution in [2.24, 2.45) is 0 Å². The number of carbonyl (C=O) groups excluding carboxylic acids is 1. The van der Waals surface area contributed by atoms with Gasteiger partial charge in [-0.15, -0.1) is 0 Å². The van der Waals surface area contributed by atoms with Crippen LogP contribution in [0.15, 0.2) is 12.3 Å². The Kier molecular flexibility index (Phi) is 4.28. The highest BCUT2D eigenvalue weighted by molar-refractivity contribution is 6.29. The van der Waals surface area contributed by atoms with Crippen LogP contribution in [-0.2, 0) is 4.74 Å². The minimum Gasteiger partial charge on any atom is -0.376 e. The fourth-order valence-corrected chi connectivity index (χ4v) is 2.02. The lowest BCUT2D eigenvalue weighted by molar-refractivity contribution is -0.385. The molecule has 1 fully saturated rings. The summed E-state index contributed by atoms with van der Waals surface area (Å²) in [6.45, 7) is 1.01. The highest BCUT2D eigenvalue weighted by Gasteiger charge is 2.23. The Bertz CT molecular complexity index is 503. The molecule has 0 saturated carbocycles. The Balaban J connectivity index is 2.08. The highest BCUT2D eigenvalue weighted by atomic mass is 35.5. The lowest BCUT2D eigenvalue weighted by Gasteiger charge is -2.10. The first-order valence-corrected chi connectivity index (χ1v) is 6.15. The number of pyridine rings is 1. The van der Waals surface area contributed by atoms with Gasteiger partial charge in [0.15, 0.2) is 0 Å². The fourth-order valence-electron chi connectivity index (χ4n) is 1.86. The molecule has 19 heavy (non-hydrogen) atoms. The number of hydrogen-bond acceptors (Lipinski definition) is 5. The van der Waals surface area contributed by atoms with Crippen molar-refractivity contribution < 1.29 is 14.5 Å². The van der Waals surface area contributed by atoms with Gasteiger partial charge < -0.3 is 10.1 Å². The molecule has 0 aromatic carbocycles. The van der Waals surface area contributed by atoms with E-state index in [0.29, 0.717) is 13.2 Å². The normalized spacial score (nSPS) is 18.3. The van der Waals surface area contributed by atoms with Crippen LogP contribution in [0.2, 0.25) is 5.15 Å². The monoisotopic (exact) mass is 285 g/mol. The van der Waals surface area contributed by atoms with Gasteiger partial charge in [-0.1, -0.05) is 11.6 Å². The van der Waals surface area contributed by atoms with Crippen LogP contribution >= 0.6 is 11.6 Å². The van der Waals surface area contributed by atoms with Crippen LogP contribution in [0.3, 0.4) is 0 Å². The van der Waals surface area contributed by atoms with Gasteiger partial charge in [0.05, 0.1) is 11.0 Å². The fraction of sp³-hybridized carbons (Fsp3) is 0.455. The zero-order valence-corrected chi connectivity index (χ0v) is 10.7. The Morgan fingerprint density at radius 1 is 1.68 bits per heavy atom. The van der Waals surface area contributed by atoms with E-state index in [0.717, 1.165) is 19.0 Å². The molecule has 0 bridgehead atoms. The lowest BCUT2D eigenvalue weighted by Crippen LogP contribution is -2.32. The molecule has 1 atom stereocenters. The van der Waals surface area contributed by atoms with Gasteiger partial charge in [-0.2, -0.15) is 0 Å². The van der Waals surface area contributed by atoms with Gasteiger partial charge in [-0.3, -0.25) is 14.9 Å². The van der Waals surface area contributed by atoms with Crippen molar-refractivity contribution in [2.75, 3.05) is 13.2 Å². The molecule has 1 saturated heterocycles. The van der Waals surface area contributed by atoms with E-state index >= 15 is 0 Å². The SMILES string of the molecule is O=C(NCC1CCCO1)c1cc(Cl)ncc1[N+](=O)[O-]. The van der Waals surface area contributed by atoms with E-state index in [-0.39, 0.29) is 22.5 Å². The quantitative estimate of drug-likeness (QED) is 0.514. The number of aromatic nitrogens is 1. The summed E-state index contributed by atoms with van der Waals surface area (Å²) in [5.74, 6) is -0.550. The number of halogens is 1. The number of rotatable bonds is 4. The number of nitro groups is 1. The summed E-state index contributed by atoms with van der Waals surface area (Å²) in [6, 6.07) is 1.19. The summed E-state index contributed by atoms with van der Waals surface area (Å²) < 4.78 is 5.35. The average molecular weight is 286 g/mol. The molecule has 0 spiro atoms. The van der Waals surface area contributed by atoms with E-state index < -0.39 is 10.8 Å². The summed E-state index contributed by atoms with van der Waals surface area (Å²) in [7, 11) is 0. The molecule has 0 aliphatic carbocycles. The van der Waals surface area contributed by atoms with E-state index in [1.165, 1.54) is 6.07 Å². The molecule has 1 aromatic heterocycles. The molecule has 1 aromatic rings. The molecule has 1 unspecified atom stereocenters. The van der Waals surface area contributed by atoms with Crippen LogP contribution in [0.5, 0.6) is 0 Å². The van der Waals surface area contributed by atoms with E-state index in [1.807, 2.05) is 0 Å². The van der Waals surface area contributed by atoms with E-state index in [1.54, 1.807) is 0 Å². The van der Waals surface area contributed by atoms with Crippen molar-refractivity contribution in [2.45, 2.75) is 18.9 Å². The van der Waals surface area contributed by atoms with E-state index in [2.05, 4.69) is 10.3 Å². The Hall–Kier alpha value is -1.73. The summed E-state index contributed by atoms with van der Waals surface area (Å²) >= 11 is 5.65. The number of carbonyl (C=O) groups is 1. The van der Waals surface area contributed by atoms with Gasteiger partial charge in [-0.25, -0.2) is 4.98 Å². The predicted molar refractivity (Wildman–Crippen MR) is 67.2 cm³/mol. The third-order valence-corrected chi connectivity index (χ3v) is 3.01. The van der Waals surface area contributed by atoms with Gasteiger partial charge in [0.2, 0.25) is 0 Å². The molecule has 0 radical (unpaired) electrons. The third-order valence-electron chi connectivity index (χ3n) is 2.81. The number of hydrogen-bond donors (Lipinski definition) is 1. The van der Waals surface area contributed by atoms with Crippen molar-refractivity contribution in [3.63, 3.8) is 0 Å². The molecule has 7 nitrogen and oxygen atoms in total. The Morgan fingerprint density at radius 2 is 2.47 bits per heavy atom. The molecular weight excluding hydrogens is 274 g/mol. The maximum absolute atomic E-state index is 11.9. The van der Waals surface area contributed by atoms with Crippen molar-refractivity contribution in [1.29, 1.82) is 0 Å². The maximum Gasteiger partial charge on any atom is 0.300 e. The minimum atomic E-state index is -0.662. The molecule has 2 rings (SSSR count). The molecule has 1 aliphatic rings. The van der Waals surface area contributed by atoms with E-state index in [4.69, 9.17) is 16.3 Å². The second-order valence-electron chi connectivity index (χ2n) is 4.13. The van der Waals surface area contributed by atoms with Crippen molar-refractivity contribution >= 4 is 23.2 Å². The standard InChI is InChI=1S/C11H12ClN3O4/c12-10-4-8(9(6-13-10)15(17)18)11(16)14-5-7-2-1-3-19-7/h4,6-7H,1-3,5H2,(H,14,16). The van der Waals surface area contributed by atoms with Crippen LogP contribution in [0.1, 0.15) is 23.2 Å². The predicted octanol–water partition coefficient (Wildman–Crippen LogP) is 1.55. The van der Waals surface area contributed by atoms with Crippen molar-refractivity contribution in [3.05, 3.63) is 33.1 Å². The van der Waals surface area contributed by atoms with Crippen LogP contribution < -0.4 is 5.32 Å². The number of nitrogens with zero attached hydrogens (tertiary/aromatic N) is 2. The van der Waals surface area contributed by atoms with Crippen molar-refractivity contribution in [1.82, 2.24) is 10.3 Å². The first-order chi connectivity index (χ1) is 9.08. The zero-order valence-electron chi connectivity index (χ0n) is 9.97. The van der Waals surface area contributed by atoms with Gasteiger partial charge in [0, 0.05) is 13.2 Å². The van der Waals surface area contributed by atoms with Crippen LogP contribution in [0, 0.1) is 10.1 Å². The first kappa shape index (κ1) is 13.7. The largest absolute Gasteiger partial charge is 0.376 e. The first-order valence-electron chi connectivity index (χ1n) is 5.77. The van der Waals surface area contributed by atoms with Crippen molar-refractivity contribution in [3.8, 4) is 0 Å². The summed E-state index contributed by atoms with van der Waals surface area (Å²) in [5.41, 5.74) is -0.461. The Morgan fingerprint density at radius 3 is 3.11 bits per heavy atom. The zero-order chi connectivity index (χ0) is 13.8. The maximum atomic E-state index is 11.9. The summed E-state index contributed by atoms with van der Waals surface area (Å²) in [5, 5.41) is 13.5. The summed E-state index contributed by atoms with van der Waals surface area (Å²) in [6.07, 6.45) is 2.78. The molecule has 1 aliphatic heterocycles. The van der Waals surface area contributed by atoms with Crippen LogP contribution in [-0.4, -0.2) is 35.1 Å². The highest BCUT2D eigenvalue weighted by Crippen LogP contribution is 2.20. The second-order valence-corrected chi connectivity index (χ2v) is 4.51. The molecule has 8 heteroatoms. The van der Waals surface area contributed by atoms with Gasteiger partial charge >= 0.3 is 0 Å². The van der Waals surface area contributed by atoms with E-state index in [9.17, 15) is 14.9 Å². The van der Waals surface area contributed by atoms with Gasteiger partial charge in [0.25, 0.3) is 11.6 Å². The van der Waals surface area contributed by atoms with Gasteiger partial charge in [0.1, 0.15) is 16.9 Å². The summed E-state index contributed by atoms with van der Waals surface area (Å²) in [4.78, 5) is 25.7. The molecule has 2 heterocycles. The second kappa shape index (κ2) is 5.94. The lowest BCUT2D eigenvalue weighted by atomic mass is 10.2. The average Bonchev–Trinajstić information content (AvgIpc) is 2.88. The number of amides is 1. The topological polar surface area (TPSA) is 94.4 Å². The number of ether oxygens (including phenoxy) is 1. The number of nitrogens with one attached hydrogen (secondary N) is 1. The van der Waals surface area contributed by atoms with Crippen LogP contribution in [0.25, 0.3) is 0 Å². The Labute approximate surface area is 114 Å². The van der Waals surface area contributed by atoms with Crippen LogP contribution in [0.4, 0.5) is 5.69 Å². The molecule has 102 valence electrons. The molecular formula is C11H12ClN3O4.